The van der Waals surface area contributed by atoms with Gasteiger partial charge in [-0.15, -0.1) is 5.10 Å². The molecular formula is C10H17N5O3S. The maximum atomic E-state index is 11.9. The van der Waals surface area contributed by atoms with Gasteiger partial charge in [0, 0.05) is 20.0 Å². The Morgan fingerprint density at radius 3 is 2.58 bits per heavy atom. The molecule has 2 N–H and O–H groups in total. The summed E-state index contributed by atoms with van der Waals surface area (Å²) < 4.78 is 1.16. The second-order valence-electron chi connectivity index (χ2n) is 4.32. The van der Waals surface area contributed by atoms with E-state index in [1.807, 2.05) is 13.8 Å². The Labute approximate surface area is 115 Å². The number of aromatic nitrogens is 3. The molecule has 0 unspecified atom stereocenters. The Kier molecular flexibility index (Phi) is 5.31. The first-order chi connectivity index (χ1) is 8.86. The maximum absolute atomic E-state index is 11.9. The molecule has 0 aliphatic rings. The predicted molar refractivity (Wildman–Crippen MR) is 69.2 cm³/mol. The molecule has 0 aliphatic heterocycles. The molecule has 1 heterocycles. The number of carbonyl (C=O) groups excluding carboxylic acids is 2. The SMILES string of the molecule is CC(C)c1nc(SCC(=O)NO)n(C(=O)N(C)C)n1. The van der Waals surface area contributed by atoms with Gasteiger partial charge in [-0.05, 0) is 0 Å². The highest BCUT2D eigenvalue weighted by atomic mass is 32.2. The van der Waals surface area contributed by atoms with E-state index in [1.54, 1.807) is 14.1 Å². The van der Waals surface area contributed by atoms with Crippen molar-refractivity contribution >= 4 is 23.7 Å². The van der Waals surface area contributed by atoms with Crippen LogP contribution >= 0.6 is 11.8 Å². The summed E-state index contributed by atoms with van der Waals surface area (Å²) in [6.45, 7) is 3.82. The second-order valence-corrected chi connectivity index (χ2v) is 5.26. The molecular weight excluding hydrogens is 270 g/mol. The molecule has 0 saturated carbocycles. The van der Waals surface area contributed by atoms with Gasteiger partial charge in [0.25, 0.3) is 5.91 Å². The number of hydrogen-bond acceptors (Lipinski definition) is 6. The Morgan fingerprint density at radius 2 is 2.11 bits per heavy atom. The van der Waals surface area contributed by atoms with Gasteiger partial charge < -0.3 is 4.90 Å². The number of hydroxylamine groups is 1. The molecule has 1 aromatic rings. The number of amides is 2. The summed E-state index contributed by atoms with van der Waals surface area (Å²) in [5.74, 6) is -0.0137. The van der Waals surface area contributed by atoms with Crippen LogP contribution in [0.2, 0.25) is 0 Å². The molecule has 8 nitrogen and oxygen atoms in total. The normalized spacial score (nSPS) is 10.6. The first kappa shape index (κ1) is 15.4. The molecule has 9 heteroatoms. The fourth-order valence-corrected chi connectivity index (χ4v) is 1.85. The van der Waals surface area contributed by atoms with E-state index in [0.29, 0.717) is 11.0 Å². The molecule has 0 saturated heterocycles. The Morgan fingerprint density at radius 1 is 1.47 bits per heavy atom. The van der Waals surface area contributed by atoms with Gasteiger partial charge in [0.1, 0.15) is 0 Å². The minimum atomic E-state index is -0.567. The van der Waals surface area contributed by atoms with E-state index in [9.17, 15) is 9.59 Å². The van der Waals surface area contributed by atoms with Crippen molar-refractivity contribution in [2.45, 2.75) is 24.9 Å². The van der Waals surface area contributed by atoms with E-state index in [4.69, 9.17) is 5.21 Å². The topological polar surface area (TPSA) is 100 Å². The van der Waals surface area contributed by atoms with E-state index in [-0.39, 0.29) is 17.7 Å². The van der Waals surface area contributed by atoms with Crippen LogP contribution < -0.4 is 5.48 Å². The number of thioether (sulfide) groups is 1. The van der Waals surface area contributed by atoms with Crippen molar-refractivity contribution in [3.8, 4) is 0 Å². The summed E-state index contributed by atoms with van der Waals surface area (Å²) in [7, 11) is 3.21. The largest absolute Gasteiger partial charge is 0.346 e. The number of carbonyl (C=O) groups is 2. The fourth-order valence-electron chi connectivity index (χ4n) is 1.13. The lowest BCUT2D eigenvalue weighted by molar-refractivity contribution is -0.126. The summed E-state index contributed by atoms with van der Waals surface area (Å²) in [5, 5.41) is 12.9. The Balaban J connectivity index is 2.99. The zero-order chi connectivity index (χ0) is 14.6. The van der Waals surface area contributed by atoms with Crippen LogP contribution in [-0.2, 0) is 4.79 Å². The van der Waals surface area contributed by atoms with Crippen LogP contribution in [0.25, 0.3) is 0 Å². The summed E-state index contributed by atoms with van der Waals surface area (Å²) in [6.07, 6.45) is 0. The summed E-state index contributed by atoms with van der Waals surface area (Å²) in [6, 6.07) is -0.341. The Bertz CT molecular complexity index is 472. The van der Waals surface area contributed by atoms with E-state index < -0.39 is 5.91 Å². The molecule has 0 aliphatic carbocycles. The van der Waals surface area contributed by atoms with Crippen molar-refractivity contribution in [1.82, 2.24) is 25.1 Å². The predicted octanol–water partition coefficient (Wildman–Crippen LogP) is 0.529. The third kappa shape index (κ3) is 3.93. The lowest BCUT2D eigenvalue weighted by Gasteiger charge is -2.10. The molecule has 0 atom stereocenters. The molecule has 0 spiro atoms. The highest BCUT2D eigenvalue weighted by Gasteiger charge is 2.20. The van der Waals surface area contributed by atoms with Crippen molar-refractivity contribution in [3.05, 3.63) is 5.82 Å². The van der Waals surface area contributed by atoms with E-state index >= 15 is 0 Å². The molecule has 0 radical (unpaired) electrons. The van der Waals surface area contributed by atoms with Crippen molar-refractivity contribution in [2.75, 3.05) is 19.8 Å². The first-order valence-corrected chi connectivity index (χ1v) is 6.59. The minimum absolute atomic E-state index is 0.0482. The van der Waals surface area contributed by atoms with Gasteiger partial charge in [-0.25, -0.2) is 15.3 Å². The highest BCUT2D eigenvalue weighted by molar-refractivity contribution is 7.99. The first-order valence-electron chi connectivity index (χ1n) is 5.61. The van der Waals surface area contributed by atoms with Gasteiger partial charge in [0.2, 0.25) is 0 Å². The minimum Gasteiger partial charge on any atom is -0.329 e. The molecule has 19 heavy (non-hydrogen) atoms. The molecule has 0 fully saturated rings. The van der Waals surface area contributed by atoms with Crippen LogP contribution in [0.15, 0.2) is 5.16 Å². The molecule has 0 aromatic carbocycles. The van der Waals surface area contributed by atoms with Crippen LogP contribution in [0.5, 0.6) is 0 Å². The van der Waals surface area contributed by atoms with Crippen LogP contribution in [0.4, 0.5) is 4.79 Å². The Hall–Kier alpha value is -1.61. The zero-order valence-corrected chi connectivity index (χ0v) is 12.1. The maximum Gasteiger partial charge on any atom is 0.346 e. The molecule has 1 rings (SSSR count). The zero-order valence-electron chi connectivity index (χ0n) is 11.2. The average Bonchev–Trinajstić information content (AvgIpc) is 2.78. The van der Waals surface area contributed by atoms with Crippen LogP contribution in [0.3, 0.4) is 0 Å². The average molecular weight is 287 g/mol. The molecule has 0 bridgehead atoms. The summed E-state index contributed by atoms with van der Waals surface area (Å²) in [4.78, 5) is 28.5. The summed E-state index contributed by atoms with van der Waals surface area (Å²) >= 11 is 1.03. The van der Waals surface area contributed by atoms with Crippen LogP contribution in [0.1, 0.15) is 25.6 Å². The van der Waals surface area contributed by atoms with Gasteiger partial charge in [-0.1, -0.05) is 25.6 Å². The standard InChI is InChI=1S/C10H17N5O3S/c1-6(2)8-11-9(19-5-7(16)13-18)15(12-8)10(17)14(3)4/h6,18H,5H2,1-4H3,(H,13,16). The third-order valence-electron chi connectivity index (χ3n) is 2.13. The van der Waals surface area contributed by atoms with E-state index in [1.165, 1.54) is 10.4 Å². The van der Waals surface area contributed by atoms with Crippen molar-refractivity contribution in [1.29, 1.82) is 0 Å². The molecule has 106 valence electrons. The number of nitrogens with zero attached hydrogens (tertiary/aromatic N) is 4. The quantitative estimate of drug-likeness (QED) is 0.476. The summed E-state index contributed by atoms with van der Waals surface area (Å²) in [5.41, 5.74) is 1.52. The number of nitrogens with one attached hydrogen (secondary N) is 1. The van der Waals surface area contributed by atoms with Crippen molar-refractivity contribution in [3.63, 3.8) is 0 Å². The van der Waals surface area contributed by atoms with Gasteiger partial charge >= 0.3 is 6.03 Å². The highest BCUT2D eigenvalue weighted by Crippen LogP contribution is 2.19. The smallest absolute Gasteiger partial charge is 0.329 e. The molecule has 1 aromatic heterocycles. The third-order valence-corrected chi connectivity index (χ3v) is 3.06. The van der Waals surface area contributed by atoms with Crippen molar-refractivity contribution < 1.29 is 14.8 Å². The van der Waals surface area contributed by atoms with E-state index in [2.05, 4.69) is 10.1 Å². The van der Waals surface area contributed by atoms with Crippen molar-refractivity contribution in [2.24, 2.45) is 0 Å². The lowest BCUT2D eigenvalue weighted by Crippen LogP contribution is -2.29. The van der Waals surface area contributed by atoms with E-state index in [0.717, 1.165) is 16.4 Å². The molecule has 2 amide bonds. The van der Waals surface area contributed by atoms with Gasteiger partial charge in [-0.3, -0.25) is 10.0 Å². The lowest BCUT2D eigenvalue weighted by atomic mass is 10.2. The number of rotatable bonds is 4. The van der Waals surface area contributed by atoms with Crippen LogP contribution in [0, 0.1) is 0 Å². The van der Waals surface area contributed by atoms with Gasteiger partial charge in [-0.2, -0.15) is 4.68 Å². The van der Waals surface area contributed by atoms with Gasteiger partial charge in [0.15, 0.2) is 11.0 Å². The number of hydrogen-bond donors (Lipinski definition) is 2. The monoisotopic (exact) mass is 287 g/mol. The van der Waals surface area contributed by atoms with Gasteiger partial charge in [0.05, 0.1) is 5.75 Å². The second kappa shape index (κ2) is 6.53. The fraction of sp³-hybridized carbons (Fsp3) is 0.600. The van der Waals surface area contributed by atoms with Crippen LogP contribution in [-0.4, -0.2) is 56.7 Å².